The van der Waals surface area contributed by atoms with Gasteiger partial charge in [0, 0.05) is 30.7 Å². The minimum Gasteiger partial charge on any atom is -0.468 e. The van der Waals surface area contributed by atoms with Gasteiger partial charge in [-0.1, -0.05) is 6.92 Å². The molecule has 3 rings (SSSR count). The van der Waals surface area contributed by atoms with E-state index in [1.165, 1.54) is 18.4 Å². The van der Waals surface area contributed by atoms with Crippen molar-refractivity contribution in [2.75, 3.05) is 13.2 Å². The molecular weight excluding hydrogens is 252 g/mol. The first-order valence-corrected chi connectivity index (χ1v) is 7.90. The first-order valence-electron chi connectivity index (χ1n) is 7.90. The number of rotatable bonds is 6. The second-order valence-corrected chi connectivity index (χ2v) is 6.16. The lowest BCUT2D eigenvalue weighted by atomic mass is 10.1. The maximum atomic E-state index is 5.76. The van der Waals surface area contributed by atoms with E-state index in [0.717, 1.165) is 44.5 Å². The van der Waals surface area contributed by atoms with Gasteiger partial charge in [0.25, 0.3) is 0 Å². The van der Waals surface area contributed by atoms with E-state index in [4.69, 9.17) is 9.15 Å². The van der Waals surface area contributed by atoms with E-state index in [1.54, 1.807) is 0 Å². The fourth-order valence-corrected chi connectivity index (χ4v) is 2.87. The van der Waals surface area contributed by atoms with Crippen molar-refractivity contribution >= 4 is 0 Å². The maximum Gasteiger partial charge on any atom is 0.122 e. The Labute approximate surface area is 121 Å². The Balaban J connectivity index is 1.61. The van der Waals surface area contributed by atoms with Crippen LogP contribution in [0.3, 0.4) is 0 Å². The first kappa shape index (κ1) is 14.1. The molecule has 0 amide bonds. The predicted octanol–water partition coefficient (Wildman–Crippen LogP) is 2.53. The average molecular weight is 278 g/mol. The van der Waals surface area contributed by atoms with E-state index in [-0.39, 0.29) is 0 Å². The van der Waals surface area contributed by atoms with E-state index < -0.39 is 0 Å². The molecular formula is C16H26N2O2. The van der Waals surface area contributed by atoms with Crippen molar-refractivity contribution in [3.63, 3.8) is 0 Å². The van der Waals surface area contributed by atoms with Crippen LogP contribution < -0.4 is 5.32 Å². The molecule has 2 unspecified atom stereocenters. The van der Waals surface area contributed by atoms with Gasteiger partial charge in [0.15, 0.2) is 0 Å². The SMILES string of the molecule is CCC1COC(C)CN1Cc1occc1CNC1CC1. The summed E-state index contributed by atoms with van der Waals surface area (Å²) < 4.78 is 11.5. The number of morpholine rings is 1. The Bertz CT molecular complexity index is 428. The molecule has 0 spiro atoms. The largest absolute Gasteiger partial charge is 0.468 e. The van der Waals surface area contributed by atoms with E-state index >= 15 is 0 Å². The molecule has 112 valence electrons. The summed E-state index contributed by atoms with van der Waals surface area (Å²) in [6.45, 7) is 8.06. The zero-order valence-electron chi connectivity index (χ0n) is 12.6. The summed E-state index contributed by atoms with van der Waals surface area (Å²) >= 11 is 0. The summed E-state index contributed by atoms with van der Waals surface area (Å²) in [4.78, 5) is 2.51. The molecule has 1 aliphatic heterocycles. The van der Waals surface area contributed by atoms with Gasteiger partial charge in [-0.2, -0.15) is 0 Å². The van der Waals surface area contributed by atoms with Crippen LogP contribution >= 0.6 is 0 Å². The molecule has 4 heteroatoms. The molecule has 1 saturated heterocycles. The van der Waals surface area contributed by atoms with Gasteiger partial charge in [0.1, 0.15) is 5.76 Å². The Morgan fingerprint density at radius 2 is 2.25 bits per heavy atom. The van der Waals surface area contributed by atoms with Gasteiger partial charge >= 0.3 is 0 Å². The molecule has 0 aromatic carbocycles. The van der Waals surface area contributed by atoms with Crippen molar-refractivity contribution in [3.05, 3.63) is 23.7 Å². The number of furan rings is 1. The molecule has 1 aliphatic carbocycles. The molecule has 1 aromatic rings. The predicted molar refractivity (Wildman–Crippen MR) is 78.5 cm³/mol. The van der Waals surface area contributed by atoms with Crippen LogP contribution in [-0.4, -0.2) is 36.2 Å². The van der Waals surface area contributed by atoms with Gasteiger partial charge in [-0.3, -0.25) is 4.90 Å². The quantitative estimate of drug-likeness (QED) is 0.867. The molecule has 1 N–H and O–H groups in total. The first-order chi connectivity index (χ1) is 9.76. The fourth-order valence-electron chi connectivity index (χ4n) is 2.87. The van der Waals surface area contributed by atoms with Crippen LogP contribution in [0, 0.1) is 0 Å². The summed E-state index contributed by atoms with van der Waals surface area (Å²) in [7, 11) is 0. The third kappa shape index (κ3) is 3.43. The highest BCUT2D eigenvalue weighted by molar-refractivity contribution is 5.17. The number of hydrogen-bond acceptors (Lipinski definition) is 4. The molecule has 2 aliphatic rings. The zero-order valence-corrected chi connectivity index (χ0v) is 12.6. The van der Waals surface area contributed by atoms with Gasteiger partial charge in [-0.15, -0.1) is 0 Å². The highest BCUT2D eigenvalue weighted by atomic mass is 16.5. The van der Waals surface area contributed by atoms with Crippen LogP contribution in [0.25, 0.3) is 0 Å². The summed E-state index contributed by atoms with van der Waals surface area (Å²) in [5, 5.41) is 3.57. The highest BCUT2D eigenvalue weighted by Crippen LogP contribution is 2.22. The standard InChI is InChI=1S/C16H26N2O2/c1-3-15-11-20-12(2)9-18(15)10-16-13(6-7-19-16)8-17-14-4-5-14/h6-7,12,14-15,17H,3-5,8-11H2,1-2H3. The molecule has 20 heavy (non-hydrogen) atoms. The van der Waals surface area contributed by atoms with Crippen molar-refractivity contribution in [2.24, 2.45) is 0 Å². The second kappa shape index (κ2) is 6.29. The van der Waals surface area contributed by atoms with E-state index in [9.17, 15) is 0 Å². The van der Waals surface area contributed by atoms with Crippen LogP contribution in [0.5, 0.6) is 0 Å². The lowest BCUT2D eigenvalue weighted by Crippen LogP contribution is -2.47. The Morgan fingerprint density at radius 1 is 1.40 bits per heavy atom. The zero-order chi connectivity index (χ0) is 13.9. The van der Waals surface area contributed by atoms with Crippen LogP contribution in [0.4, 0.5) is 0 Å². The summed E-state index contributed by atoms with van der Waals surface area (Å²) in [6, 6.07) is 3.36. The third-order valence-corrected chi connectivity index (χ3v) is 4.40. The monoisotopic (exact) mass is 278 g/mol. The van der Waals surface area contributed by atoms with E-state index in [1.807, 2.05) is 6.26 Å². The van der Waals surface area contributed by atoms with Crippen LogP contribution in [0.1, 0.15) is 44.4 Å². The molecule has 1 aromatic heterocycles. The third-order valence-electron chi connectivity index (χ3n) is 4.40. The summed E-state index contributed by atoms with van der Waals surface area (Å²) in [6.07, 6.45) is 5.92. The van der Waals surface area contributed by atoms with E-state index in [0.29, 0.717) is 12.1 Å². The Kier molecular flexibility index (Phi) is 4.44. The number of nitrogens with zero attached hydrogens (tertiary/aromatic N) is 1. The lowest BCUT2D eigenvalue weighted by molar-refractivity contribution is -0.0611. The van der Waals surface area contributed by atoms with Crippen molar-refractivity contribution in [3.8, 4) is 0 Å². The van der Waals surface area contributed by atoms with Crippen LogP contribution in [0.2, 0.25) is 0 Å². The van der Waals surface area contributed by atoms with E-state index in [2.05, 4.69) is 30.1 Å². The molecule has 2 heterocycles. The molecule has 2 atom stereocenters. The van der Waals surface area contributed by atoms with Crippen molar-refractivity contribution in [2.45, 2.75) is 64.4 Å². The molecule has 0 radical (unpaired) electrons. The minimum atomic E-state index is 0.320. The molecule has 1 saturated carbocycles. The number of ether oxygens (including phenoxy) is 1. The van der Waals surface area contributed by atoms with Gasteiger partial charge in [-0.25, -0.2) is 0 Å². The second-order valence-electron chi connectivity index (χ2n) is 6.16. The highest BCUT2D eigenvalue weighted by Gasteiger charge is 2.27. The smallest absolute Gasteiger partial charge is 0.122 e. The molecule has 0 bridgehead atoms. The fraction of sp³-hybridized carbons (Fsp3) is 0.750. The molecule has 2 fully saturated rings. The van der Waals surface area contributed by atoms with Crippen LogP contribution in [-0.2, 0) is 17.8 Å². The normalized spacial score (nSPS) is 27.9. The number of hydrogen-bond donors (Lipinski definition) is 1. The van der Waals surface area contributed by atoms with Gasteiger partial charge in [-0.05, 0) is 32.3 Å². The Morgan fingerprint density at radius 3 is 3.00 bits per heavy atom. The van der Waals surface area contributed by atoms with Gasteiger partial charge in [0.05, 0.1) is 25.5 Å². The summed E-state index contributed by atoms with van der Waals surface area (Å²) in [5.74, 6) is 1.12. The summed E-state index contributed by atoms with van der Waals surface area (Å²) in [5.41, 5.74) is 1.31. The van der Waals surface area contributed by atoms with Gasteiger partial charge < -0.3 is 14.5 Å². The lowest BCUT2D eigenvalue weighted by Gasteiger charge is -2.37. The van der Waals surface area contributed by atoms with Crippen molar-refractivity contribution in [1.29, 1.82) is 0 Å². The molecule has 4 nitrogen and oxygen atoms in total. The Hall–Kier alpha value is -0.840. The maximum absolute atomic E-state index is 5.76. The van der Waals surface area contributed by atoms with Crippen molar-refractivity contribution < 1.29 is 9.15 Å². The van der Waals surface area contributed by atoms with Gasteiger partial charge in [0.2, 0.25) is 0 Å². The van der Waals surface area contributed by atoms with Crippen molar-refractivity contribution in [1.82, 2.24) is 10.2 Å². The van der Waals surface area contributed by atoms with Crippen LogP contribution in [0.15, 0.2) is 16.7 Å². The minimum absolute atomic E-state index is 0.320. The average Bonchev–Trinajstić information content (AvgIpc) is 3.17. The number of nitrogens with one attached hydrogen (secondary N) is 1. The topological polar surface area (TPSA) is 37.6 Å².